The molecule has 0 spiro atoms. The first-order valence-corrected chi connectivity index (χ1v) is 5.79. The number of hydrogen-bond donors (Lipinski definition) is 1. The van der Waals surface area contributed by atoms with E-state index in [-0.39, 0.29) is 5.54 Å². The molecule has 0 aromatic heterocycles. The van der Waals surface area contributed by atoms with Crippen LogP contribution in [0.4, 0.5) is 0 Å². The minimum Gasteiger partial charge on any atom is -0.325 e. The van der Waals surface area contributed by atoms with Gasteiger partial charge in [0.1, 0.15) is 0 Å². The second kappa shape index (κ2) is 5.90. The van der Waals surface area contributed by atoms with Crippen LogP contribution in [-0.4, -0.2) is 17.5 Å². The van der Waals surface area contributed by atoms with Crippen molar-refractivity contribution in [2.75, 3.05) is 12.0 Å². The molecule has 11 heavy (non-hydrogen) atoms. The lowest BCUT2D eigenvalue weighted by atomic mass is 9.92. The molecule has 68 valence electrons. The normalized spacial score (nSPS) is 16.4. The third-order valence-corrected chi connectivity index (χ3v) is 2.61. The summed E-state index contributed by atoms with van der Waals surface area (Å²) in [6.45, 7) is 4.36. The number of nitrogens with two attached hydrogens (primary N) is 1. The van der Waals surface area contributed by atoms with Gasteiger partial charge in [-0.15, -0.1) is 0 Å². The molecular weight excluding hydrogens is 154 g/mol. The molecule has 0 bridgehead atoms. The first-order chi connectivity index (χ1) is 5.12. The molecule has 0 aliphatic rings. The van der Waals surface area contributed by atoms with Crippen LogP contribution >= 0.6 is 11.8 Å². The Labute approximate surface area is 75.1 Å². The van der Waals surface area contributed by atoms with Crippen LogP contribution in [0.25, 0.3) is 0 Å². The summed E-state index contributed by atoms with van der Waals surface area (Å²) in [6.07, 6.45) is 6.93. The van der Waals surface area contributed by atoms with Crippen LogP contribution in [-0.2, 0) is 0 Å². The van der Waals surface area contributed by atoms with Crippen LogP contribution in [0.1, 0.15) is 39.5 Å². The van der Waals surface area contributed by atoms with Crippen molar-refractivity contribution in [3.05, 3.63) is 0 Å². The van der Waals surface area contributed by atoms with Gasteiger partial charge in [0, 0.05) is 5.54 Å². The molecule has 0 amide bonds. The Morgan fingerprint density at radius 1 is 1.36 bits per heavy atom. The van der Waals surface area contributed by atoms with Crippen molar-refractivity contribution in [1.82, 2.24) is 0 Å². The minimum atomic E-state index is 0.0878. The zero-order valence-corrected chi connectivity index (χ0v) is 8.84. The monoisotopic (exact) mass is 175 g/mol. The Hall–Kier alpha value is 0.310. The summed E-state index contributed by atoms with van der Waals surface area (Å²) in [7, 11) is 0. The van der Waals surface area contributed by atoms with Gasteiger partial charge in [-0.25, -0.2) is 0 Å². The molecule has 0 rings (SSSR count). The highest BCUT2D eigenvalue weighted by Crippen LogP contribution is 2.16. The SMILES string of the molecule is CCCC(C)(N)CCCSC. The van der Waals surface area contributed by atoms with E-state index >= 15 is 0 Å². The van der Waals surface area contributed by atoms with Gasteiger partial charge in [0.25, 0.3) is 0 Å². The van der Waals surface area contributed by atoms with E-state index in [1.807, 2.05) is 11.8 Å². The van der Waals surface area contributed by atoms with Crippen molar-refractivity contribution in [2.45, 2.75) is 45.1 Å². The molecule has 0 fully saturated rings. The largest absolute Gasteiger partial charge is 0.325 e. The standard InChI is InChI=1S/C9H21NS/c1-4-6-9(2,10)7-5-8-11-3/h4-8,10H2,1-3H3. The van der Waals surface area contributed by atoms with Crippen molar-refractivity contribution in [3.8, 4) is 0 Å². The third-order valence-electron chi connectivity index (χ3n) is 1.92. The van der Waals surface area contributed by atoms with Gasteiger partial charge in [0.05, 0.1) is 0 Å². The predicted octanol–water partition coefficient (Wildman–Crippen LogP) is 2.65. The van der Waals surface area contributed by atoms with Gasteiger partial charge in [0.15, 0.2) is 0 Å². The molecule has 0 radical (unpaired) electrons. The molecule has 1 nitrogen and oxygen atoms in total. The fourth-order valence-electron chi connectivity index (χ4n) is 1.32. The van der Waals surface area contributed by atoms with E-state index in [4.69, 9.17) is 5.73 Å². The van der Waals surface area contributed by atoms with Crippen LogP contribution in [0.3, 0.4) is 0 Å². The maximum Gasteiger partial charge on any atom is 0.0126 e. The van der Waals surface area contributed by atoms with Crippen molar-refractivity contribution in [1.29, 1.82) is 0 Å². The lowest BCUT2D eigenvalue weighted by Gasteiger charge is -2.23. The second-order valence-electron chi connectivity index (χ2n) is 3.50. The fraction of sp³-hybridized carbons (Fsp3) is 1.00. The summed E-state index contributed by atoms with van der Waals surface area (Å²) in [5, 5.41) is 0. The van der Waals surface area contributed by atoms with Crippen molar-refractivity contribution < 1.29 is 0 Å². The van der Waals surface area contributed by atoms with Crippen LogP contribution in [0.5, 0.6) is 0 Å². The fourth-order valence-corrected chi connectivity index (χ4v) is 1.75. The summed E-state index contributed by atoms with van der Waals surface area (Å²) < 4.78 is 0. The molecule has 2 N–H and O–H groups in total. The molecule has 0 heterocycles. The number of rotatable bonds is 6. The van der Waals surface area contributed by atoms with Gasteiger partial charge in [-0.05, 0) is 38.2 Å². The summed E-state index contributed by atoms with van der Waals surface area (Å²) in [5.41, 5.74) is 6.15. The molecule has 1 unspecified atom stereocenters. The van der Waals surface area contributed by atoms with E-state index in [2.05, 4.69) is 20.1 Å². The molecule has 0 saturated carbocycles. The van der Waals surface area contributed by atoms with E-state index in [0.717, 1.165) is 6.42 Å². The topological polar surface area (TPSA) is 26.0 Å². The highest BCUT2D eigenvalue weighted by atomic mass is 32.2. The second-order valence-corrected chi connectivity index (χ2v) is 4.49. The van der Waals surface area contributed by atoms with Crippen molar-refractivity contribution in [3.63, 3.8) is 0 Å². The van der Waals surface area contributed by atoms with Crippen molar-refractivity contribution in [2.24, 2.45) is 5.73 Å². The van der Waals surface area contributed by atoms with Gasteiger partial charge in [-0.2, -0.15) is 11.8 Å². The Balaban J connectivity index is 3.38. The highest BCUT2D eigenvalue weighted by molar-refractivity contribution is 7.98. The first-order valence-electron chi connectivity index (χ1n) is 4.40. The lowest BCUT2D eigenvalue weighted by Crippen LogP contribution is -2.35. The van der Waals surface area contributed by atoms with Gasteiger partial charge >= 0.3 is 0 Å². The maximum absolute atomic E-state index is 6.06. The van der Waals surface area contributed by atoms with E-state index in [0.29, 0.717) is 0 Å². The smallest absolute Gasteiger partial charge is 0.0126 e. The van der Waals surface area contributed by atoms with E-state index in [9.17, 15) is 0 Å². The maximum atomic E-state index is 6.06. The zero-order valence-electron chi connectivity index (χ0n) is 8.02. The van der Waals surface area contributed by atoms with E-state index < -0.39 is 0 Å². The van der Waals surface area contributed by atoms with Crippen LogP contribution in [0.2, 0.25) is 0 Å². The summed E-state index contributed by atoms with van der Waals surface area (Å²) in [4.78, 5) is 0. The van der Waals surface area contributed by atoms with Crippen LogP contribution in [0.15, 0.2) is 0 Å². The molecule has 0 aromatic rings. The highest BCUT2D eigenvalue weighted by Gasteiger charge is 2.15. The summed E-state index contributed by atoms with van der Waals surface area (Å²) in [5.74, 6) is 1.25. The Bertz CT molecular complexity index is 91.6. The number of thioether (sulfide) groups is 1. The van der Waals surface area contributed by atoms with Gasteiger partial charge in [-0.1, -0.05) is 13.3 Å². The van der Waals surface area contributed by atoms with Gasteiger partial charge in [0.2, 0.25) is 0 Å². The van der Waals surface area contributed by atoms with Crippen molar-refractivity contribution >= 4 is 11.8 Å². The molecule has 1 atom stereocenters. The van der Waals surface area contributed by atoms with Gasteiger partial charge in [-0.3, -0.25) is 0 Å². The van der Waals surface area contributed by atoms with E-state index in [1.165, 1.54) is 25.0 Å². The Morgan fingerprint density at radius 3 is 2.45 bits per heavy atom. The predicted molar refractivity (Wildman–Crippen MR) is 55.1 cm³/mol. The molecule has 0 aliphatic carbocycles. The van der Waals surface area contributed by atoms with E-state index in [1.54, 1.807) is 0 Å². The average Bonchev–Trinajstić information content (AvgIpc) is 1.87. The third kappa shape index (κ3) is 6.70. The summed E-state index contributed by atoms with van der Waals surface area (Å²) >= 11 is 1.90. The molecular formula is C9H21NS. The molecule has 2 heteroatoms. The minimum absolute atomic E-state index is 0.0878. The molecule has 0 aromatic carbocycles. The molecule has 0 saturated heterocycles. The van der Waals surface area contributed by atoms with Gasteiger partial charge < -0.3 is 5.73 Å². The van der Waals surface area contributed by atoms with Crippen LogP contribution < -0.4 is 5.73 Å². The summed E-state index contributed by atoms with van der Waals surface area (Å²) in [6, 6.07) is 0. The Morgan fingerprint density at radius 2 is 2.00 bits per heavy atom. The quantitative estimate of drug-likeness (QED) is 0.628. The zero-order chi connectivity index (χ0) is 8.74. The number of hydrogen-bond acceptors (Lipinski definition) is 2. The molecule has 0 aliphatic heterocycles. The average molecular weight is 175 g/mol. The Kier molecular flexibility index (Phi) is 6.06. The lowest BCUT2D eigenvalue weighted by molar-refractivity contribution is 0.394. The van der Waals surface area contributed by atoms with Crippen LogP contribution in [0, 0.1) is 0 Å². The first kappa shape index (κ1) is 11.3.